The number of carboxylic acids is 1. The summed E-state index contributed by atoms with van der Waals surface area (Å²) in [5.41, 5.74) is 2.24. The average molecular weight is 643 g/mol. The van der Waals surface area contributed by atoms with Crippen molar-refractivity contribution in [1.29, 1.82) is 0 Å². The van der Waals surface area contributed by atoms with Gasteiger partial charge >= 0.3 is 5.97 Å². The summed E-state index contributed by atoms with van der Waals surface area (Å²) in [5, 5.41) is 9.80. The monoisotopic (exact) mass is 642 g/mol. The molecular weight excluding hydrogens is 600 g/mol. The largest absolute Gasteiger partial charge is 0.481 e. The minimum Gasteiger partial charge on any atom is -0.481 e. The van der Waals surface area contributed by atoms with E-state index in [9.17, 15) is 32.7 Å². The maximum absolute atomic E-state index is 15.8. The van der Waals surface area contributed by atoms with E-state index in [1.807, 2.05) is 18.7 Å². The number of hydrogen-bond donors (Lipinski definition) is 1. The standard InChI is InChI=1S/C36H42F4N2O4/c1-20(2)10-31(42-18-24(14-30(39)36(42)46)6-8-41-9-7-27(37)19-41)32(43)16-25(17-33(44)45)29-15-26(11-23(5)35(29)40)34-21(3)12-28(38)13-22(34)4/h11-15,18,20,25,27,31H,6-10,16-17,19H2,1-5H3,(H,44,45)/t25-,27+,31?/m0/s1. The molecule has 248 valence electrons. The van der Waals surface area contributed by atoms with Crippen LogP contribution in [0.1, 0.15) is 79.3 Å². The number of carbonyl (C=O) groups excluding carboxylic acids is 1. The number of nitrogens with zero attached hydrogens (tertiary/aromatic N) is 2. The van der Waals surface area contributed by atoms with Crippen molar-refractivity contribution in [3.05, 3.63) is 92.2 Å². The number of likely N-dealkylation sites (tertiary alicyclic amines) is 1. The van der Waals surface area contributed by atoms with Crippen molar-refractivity contribution >= 4 is 11.8 Å². The second kappa shape index (κ2) is 14.8. The lowest BCUT2D eigenvalue weighted by atomic mass is 9.84. The van der Waals surface area contributed by atoms with Gasteiger partial charge in [-0.1, -0.05) is 13.8 Å². The zero-order valence-corrected chi connectivity index (χ0v) is 27.0. The van der Waals surface area contributed by atoms with Crippen molar-refractivity contribution < 1.29 is 32.3 Å². The molecule has 6 nitrogen and oxygen atoms in total. The van der Waals surface area contributed by atoms with Crippen LogP contribution in [0.25, 0.3) is 11.1 Å². The van der Waals surface area contributed by atoms with E-state index in [1.165, 1.54) is 24.4 Å². The Morgan fingerprint density at radius 3 is 2.24 bits per heavy atom. The maximum atomic E-state index is 15.8. The summed E-state index contributed by atoms with van der Waals surface area (Å²) in [6, 6.07) is 5.87. The molecule has 1 aliphatic heterocycles. The first-order valence-corrected chi connectivity index (χ1v) is 15.7. The van der Waals surface area contributed by atoms with Gasteiger partial charge in [-0.2, -0.15) is 0 Å². The fourth-order valence-electron chi connectivity index (χ4n) is 6.60. The van der Waals surface area contributed by atoms with Gasteiger partial charge in [-0.05, 0) is 115 Å². The predicted molar refractivity (Wildman–Crippen MR) is 169 cm³/mol. The molecule has 1 unspecified atom stereocenters. The zero-order chi connectivity index (χ0) is 33.9. The molecule has 1 saturated heterocycles. The minimum atomic E-state index is -1.24. The Kier molecular flexibility index (Phi) is 11.2. The lowest BCUT2D eigenvalue weighted by Gasteiger charge is -2.25. The highest BCUT2D eigenvalue weighted by Gasteiger charge is 2.31. The van der Waals surface area contributed by atoms with Crippen LogP contribution in [0.3, 0.4) is 0 Å². The molecule has 0 bridgehead atoms. The van der Waals surface area contributed by atoms with Crippen LogP contribution in [0, 0.1) is 44.1 Å². The first kappa shape index (κ1) is 35.1. The van der Waals surface area contributed by atoms with Crippen LogP contribution in [-0.4, -0.2) is 52.1 Å². The second-order valence-electron chi connectivity index (χ2n) is 13.1. The van der Waals surface area contributed by atoms with Gasteiger partial charge in [-0.25, -0.2) is 17.6 Å². The molecule has 46 heavy (non-hydrogen) atoms. The van der Waals surface area contributed by atoms with Crippen molar-refractivity contribution in [3.63, 3.8) is 0 Å². The minimum absolute atomic E-state index is 0.0289. The Morgan fingerprint density at radius 2 is 1.65 bits per heavy atom. The van der Waals surface area contributed by atoms with Gasteiger partial charge in [-0.15, -0.1) is 0 Å². The molecule has 1 fully saturated rings. The average Bonchev–Trinajstić information content (AvgIpc) is 3.37. The van der Waals surface area contributed by atoms with Gasteiger partial charge < -0.3 is 14.6 Å². The van der Waals surface area contributed by atoms with Crippen LogP contribution < -0.4 is 5.56 Å². The number of rotatable bonds is 13. The van der Waals surface area contributed by atoms with E-state index in [0.29, 0.717) is 60.3 Å². The van der Waals surface area contributed by atoms with E-state index in [4.69, 9.17) is 0 Å². The number of aliphatic carboxylic acids is 1. The number of hydrogen-bond acceptors (Lipinski definition) is 4. The van der Waals surface area contributed by atoms with Crippen LogP contribution in [0.15, 0.2) is 41.3 Å². The molecule has 1 aromatic heterocycles. The molecule has 0 aliphatic carbocycles. The van der Waals surface area contributed by atoms with Gasteiger partial charge in [0.05, 0.1) is 12.5 Å². The van der Waals surface area contributed by atoms with Crippen LogP contribution >= 0.6 is 0 Å². The quantitative estimate of drug-likeness (QED) is 0.199. The lowest BCUT2D eigenvalue weighted by molar-refractivity contribution is -0.137. The third-order valence-electron chi connectivity index (χ3n) is 8.77. The molecule has 3 atom stereocenters. The number of pyridine rings is 1. The predicted octanol–water partition coefficient (Wildman–Crippen LogP) is 7.25. The Morgan fingerprint density at radius 1 is 0.978 bits per heavy atom. The van der Waals surface area contributed by atoms with Crippen LogP contribution in [0.5, 0.6) is 0 Å². The normalized spacial score (nSPS) is 16.6. The van der Waals surface area contributed by atoms with Crippen LogP contribution in [0.2, 0.25) is 0 Å². The summed E-state index contributed by atoms with van der Waals surface area (Å²) in [4.78, 5) is 41.0. The Labute approximate surface area is 267 Å². The summed E-state index contributed by atoms with van der Waals surface area (Å²) in [7, 11) is 0. The number of aryl methyl sites for hydroxylation is 3. The molecule has 4 rings (SSSR count). The fraction of sp³-hybridized carbons (Fsp3) is 0.472. The first-order chi connectivity index (χ1) is 21.6. The number of aromatic nitrogens is 1. The number of ketones is 1. The van der Waals surface area contributed by atoms with Crippen molar-refractivity contribution in [3.8, 4) is 11.1 Å². The number of alkyl halides is 1. The van der Waals surface area contributed by atoms with E-state index >= 15 is 4.39 Å². The van der Waals surface area contributed by atoms with E-state index in [2.05, 4.69) is 0 Å². The van der Waals surface area contributed by atoms with Gasteiger partial charge in [0.1, 0.15) is 17.8 Å². The van der Waals surface area contributed by atoms with Crippen LogP contribution in [-0.2, 0) is 16.0 Å². The molecule has 1 aliphatic rings. The molecule has 3 aromatic rings. The number of halogens is 4. The number of carboxylic acid groups (broad SMARTS) is 1. The summed E-state index contributed by atoms with van der Waals surface area (Å²) < 4.78 is 59.5. The topological polar surface area (TPSA) is 79.6 Å². The summed E-state index contributed by atoms with van der Waals surface area (Å²) in [6.45, 7) is 10.0. The summed E-state index contributed by atoms with van der Waals surface area (Å²) in [6.07, 6.45) is 0.528. The molecule has 0 radical (unpaired) electrons. The molecule has 2 aromatic carbocycles. The molecule has 2 heterocycles. The van der Waals surface area contributed by atoms with Crippen molar-refractivity contribution in [2.24, 2.45) is 5.92 Å². The Hall–Kier alpha value is -3.79. The van der Waals surface area contributed by atoms with E-state index in [1.54, 1.807) is 26.8 Å². The molecule has 0 amide bonds. The van der Waals surface area contributed by atoms with E-state index < -0.39 is 65.7 Å². The molecular formula is C36H42F4N2O4. The van der Waals surface area contributed by atoms with Crippen molar-refractivity contribution in [1.82, 2.24) is 9.47 Å². The van der Waals surface area contributed by atoms with Gasteiger partial charge in [0.2, 0.25) is 0 Å². The molecule has 10 heteroatoms. The lowest BCUT2D eigenvalue weighted by Crippen LogP contribution is -2.34. The third kappa shape index (κ3) is 8.32. The third-order valence-corrected chi connectivity index (χ3v) is 8.77. The van der Waals surface area contributed by atoms with E-state index in [-0.39, 0.29) is 23.5 Å². The Bertz CT molecular complexity index is 1650. The summed E-state index contributed by atoms with van der Waals surface area (Å²) >= 11 is 0. The maximum Gasteiger partial charge on any atom is 0.303 e. The molecule has 1 N–H and O–H groups in total. The van der Waals surface area contributed by atoms with Crippen LogP contribution in [0.4, 0.5) is 17.6 Å². The molecule has 0 saturated carbocycles. The SMILES string of the molecule is Cc1cc(-c2c(C)cc(F)cc2C)cc([C@H](CC(=O)O)CC(=O)C(CC(C)C)n2cc(CCN3CC[C@@H](F)C3)cc(F)c2=O)c1F. The summed E-state index contributed by atoms with van der Waals surface area (Å²) in [5.74, 6) is -5.03. The van der Waals surface area contributed by atoms with Gasteiger partial charge in [-0.3, -0.25) is 14.4 Å². The van der Waals surface area contributed by atoms with Gasteiger partial charge in [0.15, 0.2) is 11.6 Å². The number of Topliss-reactive ketones (excluding diaryl/α,β-unsaturated/α-hetero) is 1. The van der Waals surface area contributed by atoms with Crippen molar-refractivity contribution in [2.45, 2.75) is 84.9 Å². The highest BCUT2D eigenvalue weighted by molar-refractivity contribution is 5.84. The smallest absolute Gasteiger partial charge is 0.303 e. The Balaban J connectivity index is 1.71. The highest BCUT2D eigenvalue weighted by atomic mass is 19.1. The first-order valence-electron chi connectivity index (χ1n) is 15.7. The fourth-order valence-corrected chi connectivity index (χ4v) is 6.60. The number of benzene rings is 2. The highest BCUT2D eigenvalue weighted by Crippen LogP contribution is 2.36. The van der Waals surface area contributed by atoms with Gasteiger partial charge in [0.25, 0.3) is 5.56 Å². The molecule has 0 spiro atoms. The number of carbonyl (C=O) groups is 2. The van der Waals surface area contributed by atoms with Crippen molar-refractivity contribution in [2.75, 3.05) is 19.6 Å². The van der Waals surface area contributed by atoms with E-state index in [0.717, 1.165) is 10.6 Å². The second-order valence-corrected chi connectivity index (χ2v) is 13.1. The zero-order valence-electron chi connectivity index (χ0n) is 27.0. The van der Waals surface area contributed by atoms with Gasteiger partial charge in [0, 0.05) is 38.2 Å².